The van der Waals surface area contributed by atoms with Gasteiger partial charge in [0, 0.05) is 24.0 Å². The highest BCUT2D eigenvalue weighted by Gasteiger charge is 2.11. The second-order valence-corrected chi connectivity index (χ2v) is 6.52. The SMILES string of the molecule is CNC(=O)c1ccc(CNc2ncnc3sc(C)c(C)c23)cc1. The molecule has 1 aromatic carbocycles. The third-order valence-electron chi connectivity index (χ3n) is 3.87. The molecule has 5 nitrogen and oxygen atoms in total. The lowest BCUT2D eigenvalue weighted by Gasteiger charge is -2.08. The highest BCUT2D eigenvalue weighted by atomic mass is 32.1. The lowest BCUT2D eigenvalue weighted by atomic mass is 10.1. The first-order valence-corrected chi connectivity index (χ1v) is 8.17. The van der Waals surface area contributed by atoms with Crippen molar-refractivity contribution < 1.29 is 4.79 Å². The van der Waals surface area contributed by atoms with Crippen molar-refractivity contribution in [2.75, 3.05) is 12.4 Å². The Bertz CT molecular complexity index is 855. The number of amides is 1. The largest absolute Gasteiger partial charge is 0.365 e. The molecule has 2 heterocycles. The number of anilines is 1. The third-order valence-corrected chi connectivity index (χ3v) is 4.98. The first kappa shape index (κ1) is 15.4. The zero-order chi connectivity index (χ0) is 16.4. The Kier molecular flexibility index (Phi) is 4.25. The first-order valence-electron chi connectivity index (χ1n) is 7.35. The molecule has 0 unspecified atom stereocenters. The van der Waals surface area contributed by atoms with Crippen LogP contribution in [0.4, 0.5) is 5.82 Å². The van der Waals surface area contributed by atoms with Crippen LogP contribution >= 0.6 is 11.3 Å². The third kappa shape index (κ3) is 3.03. The summed E-state index contributed by atoms with van der Waals surface area (Å²) < 4.78 is 0. The van der Waals surface area contributed by atoms with E-state index in [0.29, 0.717) is 12.1 Å². The minimum Gasteiger partial charge on any atom is -0.365 e. The summed E-state index contributed by atoms with van der Waals surface area (Å²) >= 11 is 1.69. The highest BCUT2D eigenvalue weighted by Crippen LogP contribution is 2.32. The van der Waals surface area contributed by atoms with E-state index in [-0.39, 0.29) is 5.91 Å². The van der Waals surface area contributed by atoms with Gasteiger partial charge >= 0.3 is 0 Å². The summed E-state index contributed by atoms with van der Waals surface area (Å²) in [6, 6.07) is 7.54. The normalized spacial score (nSPS) is 10.7. The number of benzene rings is 1. The molecule has 0 fully saturated rings. The van der Waals surface area contributed by atoms with Crippen LogP contribution in [0.25, 0.3) is 10.2 Å². The van der Waals surface area contributed by atoms with Gasteiger partial charge in [-0.2, -0.15) is 0 Å². The summed E-state index contributed by atoms with van der Waals surface area (Å²) in [7, 11) is 1.63. The predicted octanol–water partition coefficient (Wildman–Crippen LogP) is 3.28. The van der Waals surface area contributed by atoms with Gasteiger partial charge in [-0.25, -0.2) is 9.97 Å². The fourth-order valence-electron chi connectivity index (χ4n) is 2.42. The molecule has 2 aromatic heterocycles. The topological polar surface area (TPSA) is 66.9 Å². The molecule has 0 radical (unpaired) electrons. The summed E-state index contributed by atoms with van der Waals surface area (Å²) in [5, 5.41) is 7.09. The Morgan fingerprint density at radius 1 is 1.17 bits per heavy atom. The van der Waals surface area contributed by atoms with Crippen LogP contribution in [-0.4, -0.2) is 22.9 Å². The van der Waals surface area contributed by atoms with E-state index >= 15 is 0 Å². The Hall–Kier alpha value is -2.47. The van der Waals surface area contributed by atoms with Crippen molar-refractivity contribution >= 4 is 33.3 Å². The van der Waals surface area contributed by atoms with Gasteiger partial charge in [0.2, 0.25) is 0 Å². The number of hydrogen-bond acceptors (Lipinski definition) is 5. The van der Waals surface area contributed by atoms with Crippen LogP contribution in [0, 0.1) is 13.8 Å². The average molecular weight is 326 g/mol. The zero-order valence-electron chi connectivity index (χ0n) is 13.3. The molecule has 0 spiro atoms. The molecule has 118 valence electrons. The van der Waals surface area contributed by atoms with Crippen molar-refractivity contribution in [1.82, 2.24) is 15.3 Å². The molecular formula is C17H18N4OS. The maximum atomic E-state index is 11.5. The molecule has 0 aliphatic heterocycles. The van der Waals surface area contributed by atoms with E-state index in [1.807, 2.05) is 24.3 Å². The number of carbonyl (C=O) groups is 1. The van der Waals surface area contributed by atoms with E-state index in [0.717, 1.165) is 21.6 Å². The number of aromatic nitrogens is 2. The first-order chi connectivity index (χ1) is 11.1. The van der Waals surface area contributed by atoms with Gasteiger partial charge in [0.25, 0.3) is 5.91 Å². The second kappa shape index (κ2) is 6.34. The van der Waals surface area contributed by atoms with E-state index in [1.165, 1.54) is 10.4 Å². The summed E-state index contributed by atoms with van der Waals surface area (Å²) in [4.78, 5) is 22.5. The molecule has 3 aromatic rings. The van der Waals surface area contributed by atoms with Crippen molar-refractivity contribution in [3.63, 3.8) is 0 Å². The van der Waals surface area contributed by atoms with Crippen LogP contribution in [0.15, 0.2) is 30.6 Å². The van der Waals surface area contributed by atoms with Crippen molar-refractivity contribution in [2.45, 2.75) is 20.4 Å². The second-order valence-electron chi connectivity index (χ2n) is 5.32. The van der Waals surface area contributed by atoms with Crippen molar-refractivity contribution in [1.29, 1.82) is 0 Å². The highest BCUT2D eigenvalue weighted by molar-refractivity contribution is 7.18. The summed E-state index contributed by atoms with van der Waals surface area (Å²) in [6.45, 7) is 4.85. The number of thiophene rings is 1. The number of nitrogens with zero attached hydrogens (tertiary/aromatic N) is 2. The molecule has 0 saturated heterocycles. The number of aryl methyl sites for hydroxylation is 2. The van der Waals surface area contributed by atoms with Crippen molar-refractivity contribution in [2.24, 2.45) is 0 Å². The molecule has 1 amide bonds. The fourth-order valence-corrected chi connectivity index (χ4v) is 3.42. The van der Waals surface area contributed by atoms with E-state index in [9.17, 15) is 4.79 Å². The Morgan fingerprint density at radius 3 is 2.61 bits per heavy atom. The monoisotopic (exact) mass is 326 g/mol. The van der Waals surface area contributed by atoms with E-state index < -0.39 is 0 Å². The maximum Gasteiger partial charge on any atom is 0.251 e. The van der Waals surface area contributed by atoms with Crippen molar-refractivity contribution in [3.05, 3.63) is 52.2 Å². The smallest absolute Gasteiger partial charge is 0.251 e. The molecule has 2 N–H and O–H groups in total. The minimum absolute atomic E-state index is 0.0774. The fraction of sp³-hybridized carbons (Fsp3) is 0.235. The number of fused-ring (bicyclic) bond motifs is 1. The average Bonchev–Trinajstić information content (AvgIpc) is 2.88. The molecular weight excluding hydrogens is 308 g/mol. The number of nitrogens with one attached hydrogen (secondary N) is 2. The number of hydrogen-bond donors (Lipinski definition) is 2. The summed E-state index contributed by atoms with van der Waals surface area (Å²) in [5.41, 5.74) is 2.97. The van der Waals surface area contributed by atoms with E-state index in [4.69, 9.17) is 0 Å². The van der Waals surface area contributed by atoms with Gasteiger partial charge in [-0.05, 0) is 37.1 Å². The van der Waals surface area contributed by atoms with Gasteiger partial charge < -0.3 is 10.6 Å². The zero-order valence-corrected chi connectivity index (χ0v) is 14.1. The lowest BCUT2D eigenvalue weighted by Crippen LogP contribution is -2.17. The molecule has 23 heavy (non-hydrogen) atoms. The summed E-state index contributed by atoms with van der Waals surface area (Å²) in [6.07, 6.45) is 1.59. The standard InChI is InChI=1S/C17H18N4OS/c1-10-11(2)23-17-14(10)15(20-9-21-17)19-8-12-4-6-13(7-5-12)16(22)18-3/h4-7,9H,8H2,1-3H3,(H,18,22)(H,19,20,21). The molecule has 0 atom stereocenters. The van der Waals surface area contributed by atoms with Crippen LogP contribution in [-0.2, 0) is 6.54 Å². The predicted molar refractivity (Wildman–Crippen MR) is 94.0 cm³/mol. The van der Waals surface area contributed by atoms with Gasteiger partial charge in [0.15, 0.2) is 0 Å². The van der Waals surface area contributed by atoms with Gasteiger partial charge in [-0.1, -0.05) is 12.1 Å². The van der Waals surface area contributed by atoms with E-state index in [2.05, 4.69) is 34.4 Å². The Balaban J connectivity index is 1.80. The Labute approximate surface area is 138 Å². The quantitative estimate of drug-likeness (QED) is 0.772. The number of carbonyl (C=O) groups excluding carboxylic acids is 1. The van der Waals surface area contributed by atoms with Crippen LogP contribution in [0.5, 0.6) is 0 Å². The molecule has 0 bridgehead atoms. The van der Waals surface area contributed by atoms with Crippen LogP contribution in [0.2, 0.25) is 0 Å². The van der Waals surface area contributed by atoms with Crippen molar-refractivity contribution in [3.8, 4) is 0 Å². The molecule has 0 saturated carbocycles. The number of rotatable bonds is 4. The molecule has 3 rings (SSSR count). The van der Waals surface area contributed by atoms with E-state index in [1.54, 1.807) is 24.7 Å². The maximum absolute atomic E-state index is 11.5. The van der Waals surface area contributed by atoms with Gasteiger partial charge in [0.1, 0.15) is 17.0 Å². The van der Waals surface area contributed by atoms with Gasteiger partial charge in [0.05, 0.1) is 5.39 Å². The van der Waals surface area contributed by atoms with Crippen LogP contribution in [0.3, 0.4) is 0 Å². The molecule has 0 aliphatic rings. The molecule has 6 heteroatoms. The van der Waals surface area contributed by atoms with Gasteiger partial charge in [-0.3, -0.25) is 4.79 Å². The van der Waals surface area contributed by atoms with Crippen LogP contribution < -0.4 is 10.6 Å². The van der Waals surface area contributed by atoms with Crippen LogP contribution in [0.1, 0.15) is 26.4 Å². The summed E-state index contributed by atoms with van der Waals surface area (Å²) in [5.74, 6) is 0.776. The minimum atomic E-state index is -0.0774. The van der Waals surface area contributed by atoms with Gasteiger partial charge in [-0.15, -0.1) is 11.3 Å². The molecule has 0 aliphatic carbocycles. The Morgan fingerprint density at radius 2 is 1.91 bits per heavy atom. The lowest BCUT2D eigenvalue weighted by molar-refractivity contribution is 0.0963.